The molecule has 1 aromatic rings. The summed E-state index contributed by atoms with van der Waals surface area (Å²) in [5.41, 5.74) is 0. The molecule has 0 aliphatic heterocycles. The van der Waals surface area contributed by atoms with Crippen LogP contribution in [0.2, 0.25) is 5.15 Å². The molecule has 0 N–H and O–H groups in total. The van der Waals surface area contributed by atoms with E-state index >= 15 is 0 Å². The zero-order chi connectivity index (χ0) is 7.11. The van der Waals surface area contributed by atoms with Crippen LogP contribution in [0.4, 0.5) is 0 Å². The summed E-state index contributed by atoms with van der Waals surface area (Å²) in [4.78, 5) is 3.74. The van der Waals surface area contributed by atoms with Crippen molar-refractivity contribution in [2.75, 3.05) is 6.38 Å². The van der Waals surface area contributed by atoms with Crippen LogP contribution >= 0.6 is 23.2 Å². The number of nitrogens with zero attached hydrogens (tertiary/aromatic N) is 1. The Labute approximate surface area is 64.6 Å². The van der Waals surface area contributed by atoms with Crippen LogP contribution in [-0.4, -0.2) is 11.4 Å². The van der Waals surface area contributed by atoms with E-state index in [4.69, 9.17) is 11.6 Å². The number of rotatable bonds is 0. The third-order valence-electron chi connectivity index (χ3n) is 0.629. The first-order chi connectivity index (χ1) is 4.39. The Kier molecular flexibility index (Phi) is 5.68. The van der Waals surface area contributed by atoms with Gasteiger partial charge in [-0.05, 0) is 12.1 Å². The Morgan fingerprint density at radius 1 is 1.33 bits per heavy atom. The van der Waals surface area contributed by atoms with Crippen molar-refractivity contribution in [1.29, 1.82) is 0 Å². The zero-order valence-corrected chi connectivity index (χ0v) is 6.52. The van der Waals surface area contributed by atoms with Crippen LogP contribution in [-0.2, 0) is 0 Å². The van der Waals surface area contributed by atoms with Gasteiger partial charge in [-0.3, -0.25) is 0 Å². The van der Waals surface area contributed by atoms with E-state index in [1.165, 1.54) is 6.38 Å². The van der Waals surface area contributed by atoms with Crippen molar-refractivity contribution >= 4 is 23.2 Å². The van der Waals surface area contributed by atoms with Gasteiger partial charge in [-0.1, -0.05) is 17.7 Å². The summed E-state index contributed by atoms with van der Waals surface area (Å²) in [6.45, 7) is 0. The molecule has 0 saturated carbocycles. The Morgan fingerprint density at radius 3 is 2.22 bits per heavy atom. The summed E-state index contributed by atoms with van der Waals surface area (Å²) in [5.74, 6) is 0. The average molecular weight is 164 g/mol. The summed E-state index contributed by atoms with van der Waals surface area (Å²) < 4.78 is 0. The number of aromatic nitrogens is 1. The lowest BCUT2D eigenvalue weighted by Gasteiger charge is -1.79. The second-order valence-electron chi connectivity index (χ2n) is 1.15. The molecule has 9 heavy (non-hydrogen) atoms. The Bertz CT molecular complexity index is 141. The van der Waals surface area contributed by atoms with Gasteiger partial charge in [-0.25, -0.2) is 4.98 Å². The molecule has 3 heteroatoms. The van der Waals surface area contributed by atoms with E-state index < -0.39 is 0 Å². The van der Waals surface area contributed by atoms with Gasteiger partial charge in [0.2, 0.25) is 0 Å². The molecule has 1 aromatic heterocycles. The van der Waals surface area contributed by atoms with Gasteiger partial charge in [0.25, 0.3) is 0 Å². The first kappa shape index (κ1) is 8.73. The summed E-state index contributed by atoms with van der Waals surface area (Å²) in [6.07, 6.45) is 3.13. The quantitative estimate of drug-likeness (QED) is 0.424. The van der Waals surface area contributed by atoms with Gasteiger partial charge in [0, 0.05) is 12.6 Å². The van der Waals surface area contributed by atoms with Crippen molar-refractivity contribution < 1.29 is 0 Å². The fraction of sp³-hybridized carbons (Fsp3) is 0.167. The maximum atomic E-state index is 5.43. The molecule has 0 aliphatic carbocycles. The van der Waals surface area contributed by atoms with Gasteiger partial charge >= 0.3 is 0 Å². The van der Waals surface area contributed by atoms with Crippen molar-refractivity contribution in [1.82, 2.24) is 4.98 Å². The maximum Gasteiger partial charge on any atom is 0.129 e. The maximum absolute atomic E-state index is 5.43. The SMILES string of the molecule is CCl.Clc1ccccn1. The Morgan fingerprint density at radius 2 is 2.00 bits per heavy atom. The highest BCUT2D eigenvalue weighted by Gasteiger charge is 1.76. The largest absolute Gasteiger partial charge is 0.245 e. The van der Waals surface area contributed by atoms with Crippen LogP contribution in [0.25, 0.3) is 0 Å². The van der Waals surface area contributed by atoms with Crippen molar-refractivity contribution in [3.63, 3.8) is 0 Å². The molecule has 0 aliphatic rings. The lowest BCUT2D eigenvalue weighted by molar-refractivity contribution is 1.33. The minimum Gasteiger partial charge on any atom is -0.245 e. The van der Waals surface area contributed by atoms with E-state index in [1.54, 1.807) is 12.3 Å². The second kappa shape index (κ2) is 5.86. The molecule has 0 spiro atoms. The van der Waals surface area contributed by atoms with E-state index in [-0.39, 0.29) is 0 Å². The fourth-order valence-electron chi connectivity index (χ4n) is 0.342. The van der Waals surface area contributed by atoms with Crippen LogP contribution < -0.4 is 0 Å². The van der Waals surface area contributed by atoms with Gasteiger partial charge in [-0.2, -0.15) is 0 Å². The molecule has 1 rings (SSSR count). The van der Waals surface area contributed by atoms with Gasteiger partial charge in [0.15, 0.2) is 0 Å². The molecule has 0 bridgehead atoms. The minimum atomic E-state index is 0.544. The molecule has 0 unspecified atom stereocenters. The highest BCUT2D eigenvalue weighted by Crippen LogP contribution is 1.98. The van der Waals surface area contributed by atoms with E-state index in [2.05, 4.69) is 16.6 Å². The summed E-state index contributed by atoms with van der Waals surface area (Å²) in [5, 5.41) is 0.544. The van der Waals surface area contributed by atoms with E-state index in [0.29, 0.717) is 5.15 Å². The first-order valence-electron chi connectivity index (χ1n) is 2.34. The summed E-state index contributed by atoms with van der Waals surface area (Å²) in [7, 11) is 0. The van der Waals surface area contributed by atoms with Gasteiger partial charge in [0.05, 0.1) is 0 Å². The van der Waals surface area contributed by atoms with Gasteiger partial charge in [-0.15, -0.1) is 11.6 Å². The van der Waals surface area contributed by atoms with Crippen molar-refractivity contribution in [2.24, 2.45) is 0 Å². The minimum absolute atomic E-state index is 0.544. The molecular weight excluding hydrogens is 157 g/mol. The van der Waals surface area contributed by atoms with Gasteiger partial charge in [0.1, 0.15) is 5.15 Å². The number of halogens is 2. The predicted molar refractivity (Wildman–Crippen MR) is 41.0 cm³/mol. The molecule has 0 saturated heterocycles. The molecule has 0 amide bonds. The van der Waals surface area contributed by atoms with Crippen molar-refractivity contribution in [3.05, 3.63) is 29.5 Å². The molecular formula is C6H7Cl2N. The summed E-state index contributed by atoms with van der Waals surface area (Å²) in [6, 6.07) is 5.41. The third kappa shape index (κ3) is 4.25. The van der Waals surface area contributed by atoms with Crippen LogP contribution in [0, 0.1) is 0 Å². The standard InChI is InChI=1S/C5H4ClN.CH3Cl/c6-5-3-1-2-4-7-5;1-2/h1-4H;1H3. The number of alkyl halides is 1. The lowest BCUT2D eigenvalue weighted by Crippen LogP contribution is -1.65. The van der Waals surface area contributed by atoms with Crippen LogP contribution in [0.3, 0.4) is 0 Å². The predicted octanol–water partition coefficient (Wildman–Crippen LogP) is 2.59. The molecule has 1 nitrogen and oxygen atoms in total. The second-order valence-corrected chi connectivity index (χ2v) is 1.54. The molecule has 50 valence electrons. The van der Waals surface area contributed by atoms with E-state index in [9.17, 15) is 0 Å². The first-order valence-corrected chi connectivity index (χ1v) is 3.47. The zero-order valence-electron chi connectivity index (χ0n) is 5.01. The smallest absolute Gasteiger partial charge is 0.129 e. The number of hydrogen-bond donors (Lipinski definition) is 0. The number of hydrogen-bond acceptors (Lipinski definition) is 1. The fourth-order valence-corrected chi connectivity index (χ4v) is 0.471. The summed E-state index contributed by atoms with van der Waals surface area (Å²) >= 11 is 10.1. The third-order valence-corrected chi connectivity index (χ3v) is 0.852. The van der Waals surface area contributed by atoms with E-state index in [0.717, 1.165) is 0 Å². The van der Waals surface area contributed by atoms with Gasteiger partial charge < -0.3 is 0 Å². The number of pyridine rings is 1. The van der Waals surface area contributed by atoms with Crippen molar-refractivity contribution in [2.45, 2.75) is 0 Å². The molecule has 0 aromatic carbocycles. The van der Waals surface area contributed by atoms with E-state index in [1.807, 2.05) is 12.1 Å². The lowest BCUT2D eigenvalue weighted by atomic mass is 10.5. The molecule has 0 radical (unpaired) electrons. The highest BCUT2D eigenvalue weighted by atomic mass is 35.5. The topological polar surface area (TPSA) is 12.9 Å². The van der Waals surface area contributed by atoms with Crippen LogP contribution in [0.5, 0.6) is 0 Å². The highest BCUT2D eigenvalue weighted by molar-refractivity contribution is 6.29. The normalized spacial score (nSPS) is 7.44. The van der Waals surface area contributed by atoms with Crippen LogP contribution in [0.15, 0.2) is 24.4 Å². The Hall–Kier alpha value is -0.270. The van der Waals surface area contributed by atoms with Crippen LogP contribution in [0.1, 0.15) is 0 Å². The van der Waals surface area contributed by atoms with Crippen molar-refractivity contribution in [3.8, 4) is 0 Å². The monoisotopic (exact) mass is 163 g/mol. The molecule has 0 fully saturated rings. The molecule has 0 atom stereocenters. The average Bonchev–Trinajstić information content (AvgIpc) is 1.94. The Balaban J connectivity index is 0.000000291. The molecule has 1 heterocycles.